The largest absolute Gasteiger partial charge is 0.508 e. The highest BCUT2D eigenvalue weighted by atomic mass is 16.3. The summed E-state index contributed by atoms with van der Waals surface area (Å²) in [6.07, 6.45) is 4.70. The predicted octanol–water partition coefficient (Wildman–Crippen LogP) is 3.96. The third-order valence-electron chi connectivity index (χ3n) is 6.57. The minimum Gasteiger partial charge on any atom is -0.508 e. The van der Waals surface area contributed by atoms with E-state index in [-0.39, 0.29) is 16.9 Å². The zero-order valence-corrected chi connectivity index (χ0v) is 18.1. The minimum absolute atomic E-state index is 0.109. The molecule has 3 heterocycles. The number of piperidine rings is 1. The highest BCUT2D eigenvalue weighted by molar-refractivity contribution is 6.02. The van der Waals surface area contributed by atoms with Crippen molar-refractivity contribution in [2.75, 3.05) is 29.0 Å². The predicted molar refractivity (Wildman–Crippen MR) is 121 cm³/mol. The number of allylic oxidation sites excluding steroid dienone is 2. The van der Waals surface area contributed by atoms with Crippen molar-refractivity contribution in [2.24, 2.45) is 5.41 Å². The number of rotatable bonds is 2. The van der Waals surface area contributed by atoms with Gasteiger partial charge in [-0.2, -0.15) is 9.97 Å². The van der Waals surface area contributed by atoms with Crippen LogP contribution in [0.1, 0.15) is 63.0 Å². The van der Waals surface area contributed by atoms with Gasteiger partial charge in [0, 0.05) is 42.3 Å². The fraction of sp³-hybridized carbons (Fsp3) is 0.458. The Balaban J connectivity index is 1.68. The van der Waals surface area contributed by atoms with Crippen molar-refractivity contribution in [2.45, 2.75) is 51.9 Å². The number of aromatic nitrogens is 2. The van der Waals surface area contributed by atoms with Crippen LogP contribution in [-0.4, -0.2) is 33.9 Å². The Morgan fingerprint density at radius 2 is 1.94 bits per heavy atom. The Kier molecular flexibility index (Phi) is 4.64. The van der Waals surface area contributed by atoms with E-state index in [9.17, 15) is 9.90 Å². The van der Waals surface area contributed by atoms with Crippen LogP contribution < -0.4 is 16.0 Å². The number of nitrogen functional groups attached to an aromatic ring is 1. The summed E-state index contributed by atoms with van der Waals surface area (Å²) in [5.74, 6) is 1.58. The van der Waals surface area contributed by atoms with Gasteiger partial charge in [-0.1, -0.05) is 26.0 Å². The molecule has 2 aromatic rings. The molecule has 1 aliphatic carbocycles. The number of aromatic hydroxyl groups is 1. The van der Waals surface area contributed by atoms with Gasteiger partial charge >= 0.3 is 0 Å². The topological polar surface area (TPSA) is 104 Å². The van der Waals surface area contributed by atoms with Gasteiger partial charge in [-0.05, 0) is 48.8 Å². The van der Waals surface area contributed by atoms with Crippen molar-refractivity contribution in [3.8, 4) is 5.75 Å². The van der Waals surface area contributed by atoms with Gasteiger partial charge in [-0.25, -0.2) is 0 Å². The Morgan fingerprint density at radius 3 is 2.68 bits per heavy atom. The number of carbonyl (C=O) groups excluding carboxylic acids is 1. The summed E-state index contributed by atoms with van der Waals surface area (Å²) in [7, 11) is 0. The van der Waals surface area contributed by atoms with Crippen LogP contribution in [0.2, 0.25) is 0 Å². The second-order valence-electron chi connectivity index (χ2n) is 9.71. The Bertz CT molecular complexity index is 1090. The van der Waals surface area contributed by atoms with Gasteiger partial charge in [-0.3, -0.25) is 4.79 Å². The van der Waals surface area contributed by atoms with Crippen LogP contribution in [0.25, 0.3) is 0 Å². The van der Waals surface area contributed by atoms with E-state index in [0.29, 0.717) is 24.0 Å². The third-order valence-corrected chi connectivity index (χ3v) is 6.57. The molecule has 0 amide bonds. The lowest BCUT2D eigenvalue weighted by Gasteiger charge is -2.39. The second-order valence-corrected chi connectivity index (χ2v) is 9.71. The maximum Gasteiger partial charge on any atom is 0.229 e. The fourth-order valence-corrected chi connectivity index (χ4v) is 5.20. The van der Waals surface area contributed by atoms with Crippen molar-refractivity contribution in [3.63, 3.8) is 0 Å². The van der Waals surface area contributed by atoms with E-state index in [0.717, 1.165) is 54.7 Å². The molecular weight excluding hydrogens is 390 g/mol. The number of anilines is 3. The number of fused-ring (bicyclic) bond motifs is 1. The number of hydrogen-bond donors (Lipinski definition) is 3. The van der Waals surface area contributed by atoms with E-state index in [1.165, 1.54) is 6.42 Å². The van der Waals surface area contributed by atoms with E-state index in [1.807, 2.05) is 6.07 Å². The number of phenols is 1. The first-order chi connectivity index (χ1) is 14.8. The number of phenolic OH excluding ortho intramolecular Hbond substituents is 1. The lowest BCUT2D eigenvalue weighted by atomic mass is 9.69. The van der Waals surface area contributed by atoms with Crippen LogP contribution in [0.3, 0.4) is 0 Å². The molecule has 162 valence electrons. The van der Waals surface area contributed by atoms with Crippen LogP contribution in [0.5, 0.6) is 5.75 Å². The lowest BCUT2D eigenvalue weighted by Crippen LogP contribution is -2.36. The molecule has 3 aliphatic rings. The molecule has 2 aliphatic heterocycles. The van der Waals surface area contributed by atoms with E-state index in [2.05, 4.69) is 29.0 Å². The van der Waals surface area contributed by atoms with Crippen LogP contribution in [0.15, 0.2) is 35.5 Å². The number of nitrogens with zero attached hydrogens (tertiary/aromatic N) is 3. The number of nitrogens with two attached hydrogens (primary N) is 1. The van der Waals surface area contributed by atoms with Gasteiger partial charge in [0.2, 0.25) is 5.95 Å². The second kappa shape index (κ2) is 7.25. The van der Waals surface area contributed by atoms with Gasteiger partial charge in [-0.15, -0.1) is 0 Å². The van der Waals surface area contributed by atoms with E-state index >= 15 is 0 Å². The van der Waals surface area contributed by atoms with Crippen LogP contribution in [-0.2, 0) is 4.79 Å². The molecule has 1 saturated heterocycles. The summed E-state index contributed by atoms with van der Waals surface area (Å²) >= 11 is 0. The monoisotopic (exact) mass is 419 g/mol. The van der Waals surface area contributed by atoms with Crippen molar-refractivity contribution in [1.29, 1.82) is 0 Å². The molecule has 0 bridgehead atoms. The molecule has 0 spiro atoms. The van der Waals surface area contributed by atoms with Gasteiger partial charge in [0.15, 0.2) is 5.78 Å². The molecule has 1 atom stereocenters. The number of carbonyl (C=O) groups is 1. The summed E-state index contributed by atoms with van der Waals surface area (Å²) in [4.78, 5) is 25.0. The molecule has 7 nitrogen and oxygen atoms in total. The zero-order valence-electron chi connectivity index (χ0n) is 18.1. The number of Topliss-reactive ketones (excluding diaryl/α,β-unsaturated/α-hetero) is 1. The first kappa shape index (κ1) is 19.8. The fourth-order valence-electron chi connectivity index (χ4n) is 5.20. The average molecular weight is 420 g/mol. The number of ketones is 1. The van der Waals surface area contributed by atoms with Gasteiger partial charge < -0.3 is 21.1 Å². The SMILES string of the molecule is CC1(C)CC(=O)C2=C(C1)Nc1nc(N3CCCCC3)nc(N)c1C2c1cccc(O)c1. The summed E-state index contributed by atoms with van der Waals surface area (Å²) < 4.78 is 0. The Morgan fingerprint density at radius 1 is 1.16 bits per heavy atom. The van der Waals surface area contributed by atoms with Crippen molar-refractivity contribution < 1.29 is 9.90 Å². The van der Waals surface area contributed by atoms with Gasteiger partial charge in [0.1, 0.15) is 17.4 Å². The third kappa shape index (κ3) is 3.52. The quantitative estimate of drug-likeness (QED) is 0.677. The van der Waals surface area contributed by atoms with E-state index in [4.69, 9.17) is 10.7 Å². The zero-order chi connectivity index (χ0) is 21.8. The number of nitrogens with one attached hydrogen (secondary N) is 1. The summed E-state index contributed by atoms with van der Waals surface area (Å²) in [5.41, 5.74) is 9.57. The van der Waals surface area contributed by atoms with Crippen LogP contribution in [0.4, 0.5) is 17.6 Å². The van der Waals surface area contributed by atoms with E-state index < -0.39 is 5.92 Å². The first-order valence-corrected chi connectivity index (χ1v) is 11.1. The molecule has 5 rings (SSSR count). The smallest absolute Gasteiger partial charge is 0.229 e. The summed E-state index contributed by atoms with van der Waals surface area (Å²) in [5, 5.41) is 13.6. The molecule has 0 saturated carbocycles. The maximum atomic E-state index is 13.3. The highest BCUT2D eigenvalue weighted by Gasteiger charge is 2.42. The normalized spacial score (nSPS) is 22.6. The molecular formula is C24H29N5O2. The molecule has 31 heavy (non-hydrogen) atoms. The maximum absolute atomic E-state index is 13.3. The van der Waals surface area contributed by atoms with Crippen LogP contribution >= 0.6 is 0 Å². The molecule has 1 aromatic carbocycles. The summed E-state index contributed by atoms with van der Waals surface area (Å²) in [6.45, 7) is 6.08. The lowest BCUT2D eigenvalue weighted by molar-refractivity contribution is -0.118. The summed E-state index contributed by atoms with van der Waals surface area (Å²) in [6, 6.07) is 7.05. The highest BCUT2D eigenvalue weighted by Crippen LogP contribution is 2.50. The molecule has 1 fully saturated rings. The van der Waals surface area contributed by atoms with Crippen LogP contribution in [0, 0.1) is 5.41 Å². The Hall–Kier alpha value is -3.09. The molecule has 0 radical (unpaired) electrons. The van der Waals surface area contributed by atoms with Gasteiger partial charge in [0.25, 0.3) is 0 Å². The number of hydrogen-bond acceptors (Lipinski definition) is 7. The molecule has 1 unspecified atom stereocenters. The van der Waals surface area contributed by atoms with Crippen molar-refractivity contribution >= 4 is 23.4 Å². The Labute approximate surface area is 182 Å². The minimum atomic E-state index is -0.391. The molecule has 7 heteroatoms. The first-order valence-electron chi connectivity index (χ1n) is 11.1. The molecule has 1 aromatic heterocycles. The molecule has 4 N–H and O–H groups in total. The van der Waals surface area contributed by atoms with Crippen molar-refractivity contribution in [3.05, 3.63) is 46.7 Å². The van der Waals surface area contributed by atoms with Crippen molar-refractivity contribution in [1.82, 2.24) is 9.97 Å². The van der Waals surface area contributed by atoms with Gasteiger partial charge in [0.05, 0.1) is 0 Å². The number of benzene rings is 1. The standard InChI is InChI=1S/C24H29N5O2/c1-24(2)12-16-19(17(31)13-24)18(14-7-6-8-15(30)11-14)20-21(25)27-23(28-22(20)26-16)29-9-4-3-5-10-29/h6-8,11,18,30H,3-5,9-10,12-13H2,1-2H3,(H3,25,26,27,28). The van der Waals surface area contributed by atoms with E-state index in [1.54, 1.807) is 18.2 Å². The average Bonchev–Trinajstić information content (AvgIpc) is 2.72.